The third-order valence-corrected chi connectivity index (χ3v) is 6.04. The van der Waals surface area contributed by atoms with E-state index in [4.69, 9.17) is 4.99 Å². The van der Waals surface area contributed by atoms with Crippen molar-refractivity contribution in [2.24, 2.45) is 10.4 Å². The van der Waals surface area contributed by atoms with Crippen LogP contribution in [0.25, 0.3) is 0 Å². The predicted molar refractivity (Wildman–Crippen MR) is 114 cm³/mol. The number of hydrogen-bond donors (Lipinski definition) is 2. The second-order valence-corrected chi connectivity index (χ2v) is 7.76. The number of rotatable bonds is 8. The van der Waals surface area contributed by atoms with Crippen molar-refractivity contribution in [1.29, 1.82) is 0 Å². The van der Waals surface area contributed by atoms with E-state index in [-0.39, 0.29) is 24.0 Å². The van der Waals surface area contributed by atoms with E-state index < -0.39 is 10.8 Å². The fourth-order valence-corrected chi connectivity index (χ4v) is 3.82. The lowest BCUT2D eigenvalue weighted by molar-refractivity contribution is 0.139. The molecule has 0 saturated heterocycles. The Hall–Kier alpha value is -0.630. The molecule has 1 aromatic carbocycles. The van der Waals surface area contributed by atoms with Crippen molar-refractivity contribution in [3.8, 4) is 0 Å². The van der Waals surface area contributed by atoms with Crippen molar-refractivity contribution < 1.29 is 4.21 Å². The highest BCUT2D eigenvalue weighted by atomic mass is 127. The van der Waals surface area contributed by atoms with E-state index in [1.807, 2.05) is 30.3 Å². The van der Waals surface area contributed by atoms with Crippen LogP contribution in [0.2, 0.25) is 0 Å². The van der Waals surface area contributed by atoms with E-state index in [0.29, 0.717) is 17.7 Å². The maximum Gasteiger partial charge on any atom is 0.191 e. The van der Waals surface area contributed by atoms with Crippen molar-refractivity contribution in [3.63, 3.8) is 0 Å². The Kier molecular flexibility index (Phi) is 9.88. The molecule has 0 bridgehead atoms. The Morgan fingerprint density at radius 1 is 1.21 bits per heavy atom. The van der Waals surface area contributed by atoms with Crippen molar-refractivity contribution in [3.05, 3.63) is 30.3 Å². The SMILES string of the molecule is CCNC(=NCC1(CC)CCC1)NCCS(=O)c1ccccc1.I. The van der Waals surface area contributed by atoms with Crippen molar-refractivity contribution >= 4 is 40.7 Å². The van der Waals surface area contributed by atoms with Gasteiger partial charge in [0.15, 0.2) is 5.96 Å². The van der Waals surface area contributed by atoms with Gasteiger partial charge in [0.2, 0.25) is 0 Å². The summed E-state index contributed by atoms with van der Waals surface area (Å²) in [6.45, 7) is 6.72. The molecule has 2 N–H and O–H groups in total. The molecule has 2 rings (SSSR count). The lowest BCUT2D eigenvalue weighted by atomic mass is 9.67. The highest BCUT2D eigenvalue weighted by Gasteiger charge is 2.34. The molecule has 0 aliphatic heterocycles. The second kappa shape index (κ2) is 11.1. The molecule has 24 heavy (non-hydrogen) atoms. The third-order valence-electron chi connectivity index (χ3n) is 4.67. The minimum atomic E-state index is -0.962. The summed E-state index contributed by atoms with van der Waals surface area (Å²) in [6, 6.07) is 9.62. The zero-order valence-corrected chi connectivity index (χ0v) is 17.9. The second-order valence-electron chi connectivity index (χ2n) is 6.19. The van der Waals surface area contributed by atoms with Crippen LogP contribution in [0, 0.1) is 5.41 Å². The van der Waals surface area contributed by atoms with Crippen molar-refractivity contribution in [2.75, 3.05) is 25.4 Å². The number of benzene rings is 1. The summed E-state index contributed by atoms with van der Waals surface area (Å²) in [7, 11) is -0.962. The minimum Gasteiger partial charge on any atom is -0.357 e. The summed E-state index contributed by atoms with van der Waals surface area (Å²) in [4.78, 5) is 5.63. The third kappa shape index (κ3) is 6.35. The van der Waals surface area contributed by atoms with Crippen LogP contribution in [0.15, 0.2) is 40.2 Å². The van der Waals surface area contributed by atoms with Gasteiger partial charge < -0.3 is 10.6 Å². The molecular formula is C18H30IN3OS. The summed E-state index contributed by atoms with van der Waals surface area (Å²) in [5.74, 6) is 1.44. The highest BCUT2D eigenvalue weighted by molar-refractivity contribution is 14.0. The van der Waals surface area contributed by atoms with E-state index in [1.165, 1.54) is 25.7 Å². The summed E-state index contributed by atoms with van der Waals surface area (Å²) in [5, 5.41) is 6.59. The molecule has 1 aliphatic carbocycles. The molecular weight excluding hydrogens is 433 g/mol. The van der Waals surface area contributed by atoms with Gasteiger partial charge in [-0.2, -0.15) is 0 Å². The van der Waals surface area contributed by atoms with Gasteiger partial charge in [-0.15, -0.1) is 24.0 Å². The van der Waals surface area contributed by atoms with E-state index >= 15 is 0 Å². The molecule has 0 spiro atoms. The van der Waals surface area contributed by atoms with Gasteiger partial charge in [-0.05, 0) is 43.7 Å². The normalized spacial score (nSPS) is 17.3. The molecule has 0 heterocycles. The van der Waals surface area contributed by atoms with Gasteiger partial charge in [0.25, 0.3) is 0 Å². The molecule has 136 valence electrons. The summed E-state index contributed by atoms with van der Waals surface area (Å²) in [5.41, 5.74) is 0.426. The Bertz CT molecular complexity index is 527. The first kappa shape index (κ1) is 21.4. The molecule has 4 nitrogen and oxygen atoms in total. The van der Waals surface area contributed by atoms with Gasteiger partial charge in [-0.3, -0.25) is 9.20 Å². The Labute approximate surface area is 165 Å². The Morgan fingerprint density at radius 2 is 1.92 bits per heavy atom. The van der Waals surface area contributed by atoms with Crippen LogP contribution in [0.3, 0.4) is 0 Å². The van der Waals surface area contributed by atoms with E-state index in [0.717, 1.165) is 23.9 Å². The average molecular weight is 463 g/mol. The van der Waals surface area contributed by atoms with Gasteiger partial charge in [-0.1, -0.05) is 31.5 Å². The monoisotopic (exact) mass is 463 g/mol. The van der Waals surface area contributed by atoms with Gasteiger partial charge in [0, 0.05) is 30.3 Å². The number of aliphatic imine (C=N–C) groups is 1. The van der Waals surface area contributed by atoms with Crippen LogP contribution in [-0.4, -0.2) is 35.6 Å². The van der Waals surface area contributed by atoms with Gasteiger partial charge in [0.05, 0.1) is 10.8 Å². The standard InChI is InChI=1S/C18H29N3OS.HI/c1-3-18(11-8-12-18)15-21-17(19-4-2)20-13-14-23(22)16-9-6-5-7-10-16;/h5-7,9-10H,3-4,8,11-15H2,1-2H3,(H2,19,20,21);1H. The number of nitrogens with zero attached hydrogens (tertiary/aromatic N) is 1. The van der Waals surface area contributed by atoms with Crippen LogP contribution in [0.1, 0.15) is 39.5 Å². The van der Waals surface area contributed by atoms with Crippen LogP contribution in [0.4, 0.5) is 0 Å². The molecule has 6 heteroatoms. The van der Waals surface area contributed by atoms with Crippen LogP contribution < -0.4 is 10.6 Å². The van der Waals surface area contributed by atoms with Gasteiger partial charge in [0.1, 0.15) is 0 Å². The number of halogens is 1. The first-order valence-corrected chi connectivity index (χ1v) is 9.96. The predicted octanol–water partition coefficient (Wildman–Crippen LogP) is 3.55. The van der Waals surface area contributed by atoms with E-state index in [2.05, 4.69) is 24.5 Å². The Balaban J connectivity index is 0.00000288. The molecule has 1 unspecified atom stereocenters. The molecule has 0 aromatic heterocycles. The maximum atomic E-state index is 12.2. The zero-order valence-electron chi connectivity index (χ0n) is 14.7. The fourth-order valence-electron chi connectivity index (χ4n) is 2.84. The minimum absolute atomic E-state index is 0. The van der Waals surface area contributed by atoms with Gasteiger partial charge >= 0.3 is 0 Å². The largest absolute Gasteiger partial charge is 0.357 e. The Morgan fingerprint density at radius 3 is 2.46 bits per heavy atom. The van der Waals surface area contributed by atoms with Crippen molar-refractivity contribution in [2.45, 2.75) is 44.4 Å². The molecule has 1 aromatic rings. The highest BCUT2D eigenvalue weighted by Crippen LogP contribution is 2.43. The summed E-state index contributed by atoms with van der Waals surface area (Å²) < 4.78 is 12.2. The fraction of sp³-hybridized carbons (Fsp3) is 0.611. The molecule has 1 atom stereocenters. The van der Waals surface area contributed by atoms with Gasteiger partial charge in [-0.25, -0.2) is 0 Å². The molecule has 1 saturated carbocycles. The van der Waals surface area contributed by atoms with Crippen LogP contribution in [0.5, 0.6) is 0 Å². The topological polar surface area (TPSA) is 53.5 Å². The molecule has 0 radical (unpaired) electrons. The first-order chi connectivity index (χ1) is 11.2. The van der Waals surface area contributed by atoms with Crippen molar-refractivity contribution in [1.82, 2.24) is 10.6 Å². The molecule has 1 aliphatic rings. The van der Waals surface area contributed by atoms with Crippen LogP contribution >= 0.6 is 24.0 Å². The summed E-state index contributed by atoms with van der Waals surface area (Å²) >= 11 is 0. The summed E-state index contributed by atoms with van der Waals surface area (Å²) in [6.07, 6.45) is 5.13. The maximum absolute atomic E-state index is 12.2. The van der Waals surface area contributed by atoms with Crippen LogP contribution in [-0.2, 0) is 10.8 Å². The number of nitrogens with one attached hydrogen (secondary N) is 2. The lowest BCUT2D eigenvalue weighted by Crippen LogP contribution is -2.41. The molecule has 1 fully saturated rings. The lowest BCUT2D eigenvalue weighted by Gasteiger charge is -2.40. The average Bonchev–Trinajstić information content (AvgIpc) is 2.55. The number of guanidine groups is 1. The van der Waals surface area contributed by atoms with E-state index in [1.54, 1.807) is 0 Å². The van der Waals surface area contributed by atoms with E-state index in [9.17, 15) is 4.21 Å². The first-order valence-electron chi connectivity index (χ1n) is 8.65. The number of hydrogen-bond acceptors (Lipinski definition) is 2. The zero-order chi connectivity index (χ0) is 16.5. The smallest absolute Gasteiger partial charge is 0.191 e. The quantitative estimate of drug-likeness (QED) is 0.352. The molecule has 0 amide bonds.